The SMILES string of the molecule is CCCCN(C(=O)CNc1cccc(Cl)c1Cl)c1c(N)n(Cc2ccccc2)c(=O)[nH]c1=O. The molecule has 3 aromatic rings. The Labute approximate surface area is 200 Å². The summed E-state index contributed by atoms with van der Waals surface area (Å²) < 4.78 is 1.25. The largest absolute Gasteiger partial charge is 0.383 e. The zero-order valence-electron chi connectivity index (χ0n) is 18.1. The van der Waals surface area contributed by atoms with Gasteiger partial charge in [0.2, 0.25) is 5.91 Å². The molecule has 8 nitrogen and oxygen atoms in total. The molecule has 0 saturated carbocycles. The molecule has 174 valence electrons. The summed E-state index contributed by atoms with van der Waals surface area (Å²) in [5.74, 6) is -0.473. The molecule has 1 aromatic heterocycles. The number of anilines is 3. The van der Waals surface area contributed by atoms with Crippen molar-refractivity contribution in [3.63, 3.8) is 0 Å². The first-order valence-corrected chi connectivity index (χ1v) is 11.2. The van der Waals surface area contributed by atoms with Crippen molar-refractivity contribution in [3.8, 4) is 0 Å². The van der Waals surface area contributed by atoms with Crippen LogP contribution >= 0.6 is 23.2 Å². The number of benzene rings is 2. The number of rotatable bonds is 9. The van der Waals surface area contributed by atoms with Crippen LogP contribution in [0.25, 0.3) is 0 Å². The molecule has 0 atom stereocenters. The van der Waals surface area contributed by atoms with Crippen LogP contribution in [0.3, 0.4) is 0 Å². The highest BCUT2D eigenvalue weighted by Gasteiger charge is 2.24. The highest BCUT2D eigenvalue weighted by Crippen LogP contribution is 2.29. The number of H-pyrrole nitrogens is 1. The van der Waals surface area contributed by atoms with Crippen LogP contribution in [0.4, 0.5) is 17.2 Å². The number of hydrogen-bond acceptors (Lipinski definition) is 5. The van der Waals surface area contributed by atoms with Crippen LogP contribution in [0, 0.1) is 0 Å². The lowest BCUT2D eigenvalue weighted by atomic mass is 10.2. The zero-order valence-corrected chi connectivity index (χ0v) is 19.6. The molecule has 33 heavy (non-hydrogen) atoms. The second kappa shape index (κ2) is 11.1. The van der Waals surface area contributed by atoms with Gasteiger partial charge in [-0.15, -0.1) is 0 Å². The normalized spacial score (nSPS) is 10.8. The van der Waals surface area contributed by atoms with Crippen molar-refractivity contribution >= 4 is 46.3 Å². The molecule has 0 aliphatic rings. The number of hydrogen-bond donors (Lipinski definition) is 3. The third-order valence-corrected chi connectivity index (χ3v) is 5.90. The molecule has 0 unspecified atom stereocenters. The Morgan fingerprint density at radius 2 is 1.85 bits per heavy atom. The van der Waals surface area contributed by atoms with Crippen LogP contribution in [-0.2, 0) is 11.3 Å². The van der Waals surface area contributed by atoms with Crippen LogP contribution in [0.5, 0.6) is 0 Å². The number of halogens is 2. The van der Waals surface area contributed by atoms with E-state index in [4.69, 9.17) is 28.9 Å². The maximum atomic E-state index is 13.2. The van der Waals surface area contributed by atoms with Gasteiger partial charge in [0.1, 0.15) is 5.82 Å². The molecule has 3 rings (SSSR count). The van der Waals surface area contributed by atoms with E-state index in [1.54, 1.807) is 18.2 Å². The fourth-order valence-electron chi connectivity index (χ4n) is 3.35. The minimum Gasteiger partial charge on any atom is -0.383 e. The van der Waals surface area contributed by atoms with Crippen molar-refractivity contribution in [2.24, 2.45) is 0 Å². The number of nitrogens with one attached hydrogen (secondary N) is 2. The maximum absolute atomic E-state index is 13.2. The van der Waals surface area contributed by atoms with Crippen molar-refractivity contribution in [2.45, 2.75) is 26.3 Å². The van der Waals surface area contributed by atoms with E-state index in [0.717, 1.165) is 12.0 Å². The second-order valence-electron chi connectivity index (χ2n) is 7.42. The number of amides is 1. The zero-order chi connectivity index (χ0) is 24.0. The number of nitrogen functional groups attached to an aromatic ring is 1. The molecule has 0 aliphatic carbocycles. The number of aromatic amines is 1. The Kier molecular flexibility index (Phi) is 8.19. The predicted molar refractivity (Wildman–Crippen MR) is 133 cm³/mol. The van der Waals surface area contributed by atoms with Crippen molar-refractivity contribution in [3.05, 3.63) is 85.0 Å². The highest BCUT2D eigenvalue weighted by molar-refractivity contribution is 6.43. The molecule has 0 aliphatic heterocycles. The number of aromatic nitrogens is 2. The van der Waals surface area contributed by atoms with E-state index < -0.39 is 17.2 Å². The van der Waals surface area contributed by atoms with E-state index in [0.29, 0.717) is 22.2 Å². The van der Waals surface area contributed by atoms with Crippen molar-refractivity contribution < 1.29 is 4.79 Å². The van der Waals surface area contributed by atoms with E-state index in [1.807, 2.05) is 37.3 Å². The molecular formula is C23H25Cl2N5O3. The third-order valence-electron chi connectivity index (χ3n) is 5.09. The van der Waals surface area contributed by atoms with Crippen LogP contribution in [0.15, 0.2) is 58.1 Å². The lowest BCUT2D eigenvalue weighted by Crippen LogP contribution is -2.43. The van der Waals surface area contributed by atoms with Gasteiger partial charge in [-0.3, -0.25) is 19.1 Å². The Hall–Kier alpha value is -3.23. The molecular weight excluding hydrogens is 465 g/mol. The molecule has 0 radical (unpaired) electrons. The summed E-state index contributed by atoms with van der Waals surface area (Å²) in [6.07, 6.45) is 1.43. The monoisotopic (exact) mass is 489 g/mol. The van der Waals surface area contributed by atoms with Crippen molar-refractivity contribution in [2.75, 3.05) is 29.0 Å². The third kappa shape index (κ3) is 5.77. The van der Waals surface area contributed by atoms with E-state index in [1.165, 1.54) is 9.47 Å². The molecule has 0 bridgehead atoms. The van der Waals surface area contributed by atoms with E-state index >= 15 is 0 Å². The number of nitrogens with two attached hydrogens (primary N) is 1. The summed E-state index contributed by atoms with van der Waals surface area (Å²) in [4.78, 5) is 42.0. The van der Waals surface area contributed by atoms with E-state index in [2.05, 4.69) is 10.3 Å². The fraction of sp³-hybridized carbons (Fsp3) is 0.261. The maximum Gasteiger partial charge on any atom is 0.330 e. The molecule has 1 amide bonds. The Morgan fingerprint density at radius 3 is 2.55 bits per heavy atom. The molecule has 1 heterocycles. The van der Waals surface area contributed by atoms with Gasteiger partial charge < -0.3 is 16.0 Å². The fourth-order valence-corrected chi connectivity index (χ4v) is 3.71. The lowest BCUT2D eigenvalue weighted by Gasteiger charge is -2.25. The summed E-state index contributed by atoms with van der Waals surface area (Å²) in [7, 11) is 0. The Bertz CT molecular complexity index is 1240. The first-order chi connectivity index (χ1) is 15.8. The topological polar surface area (TPSA) is 113 Å². The molecule has 4 N–H and O–H groups in total. The first-order valence-electron chi connectivity index (χ1n) is 10.5. The average Bonchev–Trinajstić information content (AvgIpc) is 2.80. The minimum atomic E-state index is -0.716. The van der Waals surface area contributed by atoms with Gasteiger partial charge in [-0.25, -0.2) is 4.79 Å². The average molecular weight is 490 g/mol. The van der Waals surface area contributed by atoms with Gasteiger partial charge in [0.15, 0.2) is 5.69 Å². The smallest absolute Gasteiger partial charge is 0.330 e. The summed E-state index contributed by atoms with van der Waals surface area (Å²) in [6, 6.07) is 14.3. The molecule has 0 saturated heterocycles. The number of carbonyl (C=O) groups is 1. The van der Waals surface area contributed by atoms with Gasteiger partial charge >= 0.3 is 5.69 Å². The van der Waals surface area contributed by atoms with Gasteiger partial charge in [-0.05, 0) is 24.1 Å². The Morgan fingerprint density at radius 1 is 1.12 bits per heavy atom. The van der Waals surface area contributed by atoms with Crippen molar-refractivity contribution in [1.29, 1.82) is 0 Å². The molecule has 2 aromatic carbocycles. The molecule has 10 heteroatoms. The standard InChI is InChI=1S/C23H25Cl2N5O3/c1-2-3-12-29(18(31)13-27-17-11-7-10-16(24)19(17)25)20-21(26)30(23(33)28-22(20)32)14-15-8-5-4-6-9-15/h4-11,27H,2-3,12-14,26H2,1H3,(H,28,32,33). The van der Waals surface area contributed by atoms with Crippen LogP contribution in [-0.4, -0.2) is 28.5 Å². The van der Waals surface area contributed by atoms with E-state index in [9.17, 15) is 14.4 Å². The van der Waals surface area contributed by atoms with Crippen LogP contribution in [0.1, 0.15) is 25.3 Å². The van der Waals surface area contributed by atoms with Crippen LogP contribution in [0.2, 0.25) is 10.0 Å². The summed E-state index contributed by atoms with van der Waals surface area (Å²) >= 11 is 12.2. The Balaban J connectivity index is 1.95. The van der Waals surface area contributed by atoms with Crippen LogP contribution < -0.4 is 27.2 Å². The van der Waals surface area contributed by atoms with Gasteiger partial charge in [0.05, 0.1) is 28.8 Å². The van der Waals surface area contributed by atoms with Gasteiger partial charge in [0.25, 0.3) is 5.56 Å². The number of unbranched alkanes of at least 4 members (excludes halogenated alkanes) is 1. The van der Waals surface area contributed by atoms with Gasteiger partial charge in [-0.2, -0.15) is 0 Å². The first kappa shape index (κ1) is 24.4. The lowest BCUT2D eigenvalue weighted by molar-refractivity contribution is -0.117. The summed E-state index contributed by atoms with van der Waals surface area (Å²) in [5.41, 5.74) is 6.19. The second-order valence-corrected chi connectivity index (χ2v) is 8.20. The highest BCUT2D eigenvalue weighted by atomic mass is 35.5. The predicted octanol–water partition coefficient (Wildman–Crippen LogP) is 3.72. The molecule has 0 fully saturated rings. The van der Waals surface area contributed by atoms with Gasteiger partial charge in [0, 0.05) is 6.54 Å². The quantitative estimate of drug-likeness (QED) is 0.423. The van der Waals surface area contributed by atoms with Crippen molar-refractivity contribution in [1.82, 2.24) is 9.55 Å². The molecule has 0 spiro atoms. The number of carbonyl (C=O) groups excluding carboxylic acids is 1. The van der Waals surface area contributed by atoms with Gasteiger partial charge in [-0.1, -0.05) is 72.9 Å². The summed E-state index contributed by atoms with van der Waals surface area (Å²) in [5, 5.41) is 3.60. The summed E-state index contributed by atoms with van der Waals surface area (Å²) in [6.45, 7) is 2.23. The van der Waals surface area contributed by atoms with E-state index in [-0.39, 0.29) is 31.1 Å². The number of nitrogens with zero attached hydrogens (tertiary/aromatic N) is 2. The minimum absolute atomic E-state index is 0.0528.